The van der Waals surface area contributed by atoms with Gasteiger partial charge in [-0.25, -0.2) is 0 Å². The average Bonchev–Trinajstić information content (AvgIpc) is 2.97. The number of hydrogen-bond donors (Lipinski definition) is 0. The highest BCUT2D eigenvalue weighted by Gasteiger charge is 2.31. The lowest BCUT2D eigenvalue weighted by atomic mass is 10.0. The summed E-state index contributed by atoms with van der Waals surface area (Å²) in [7, 11) is 0. The Morgan fingerprint density at radius 3 is 2.19 bits per heavy atom. The Kier molecular flexibility index (Phi) is 3.62. The molecule has 1 atom stereocenters. The zero-order chi connectivity index (χ0) is 14.9. The predicted molar refractivity (Wildman–Crippen MR) is 77.2 cm³/mol. The Balaban J connectivity index is 1.86. The van der Waals surface area contributed by atoms with Gasteiger partial charge in [-0.15, -0.1) is 0 Å². The highest BCUT2D eigenvalue weighted by atomic mass is 19.4. The SMILES string of the molecule is FC(F)(F)c1ccc([C@H]2CCCN2c2ccccc2)cc1. The van der Waals surface area contributed by atoms with E-state index in [-0.39, 0.29) is 6.04 Å². The molecule has 0 bridgehead atoms. The van der Waals surface area contributed by atoms with Gasteiger partial charge in [-0.2, -0.15) is 13.2 Å². The van der Waals surface area contributed by atoms with Gasteiger partial charge < -0.3 is 4.90 Å². The number of benzene rings is 2. The second-order valence-corrected chi connectivity index (χ2v) is 5.31. The van der Waals surface area contributed by atoms with Crippen molar-refractivity contribution in [3.63, 3.8) is 0 Å². The maximum absolute atomic E-state index is 12.6. The first kappa shape index (κ1) is 14.0. The van der Waals surface area contributed by atoms with Crippen LogP contribution in [0.5, 0.6) is 0 Å². The molecule has 1 heterocycles. The van der Waals surface area contributed by atoms with Crippen molar-refractivity contribution in [2.75, 3.05) is 11.4 Å². The minimum atomic E-state index is -4.27. The molecular weight excluding hydrogens is 275 g/mol. The number of hydrogen-bond acceptors (Lipinski definition) is 1. The van der Waals surface area contributed by atoms with E-state index in [9.17, 15) is 13.2 Å². The molecule has 0 saturated carbocycles. The van der Waals surface area contributed by atoms with Crippen LogP contribution in [-0.2, 0) is 6.18 Å². The molecule has 0 N–H and O–H groups in total. The van der Waals surface area contributed by atoms with Gasteiger partial charge in [0.25, 0.3) is 0 Å². The van der Waals surface area contributed by atoms with Crippen LogP contribution < -0.4 is 4.90 Å². The summed E-state index contributed by atoms with van der Waals surface area (Å²) in [6, 6.07) is 15.7. The van der Waals surface area contributed by atoms with Crippen molar-refractivity contribution in [2.45, 2.75) is 25.1 Å². The van der Waals surface area contributed by atoms with E-state index in [1.54, 1.807) is 12.1 Å². The molecule has 0 unspecified atom stereocenters. The molecule has 2 aromatic carbocycles. The molecule has 21 heavy (non-hydrogen) atoms. The van der Waals surface area contributed by atoms with Gasteiger partial charge in [0.05, 0.1) is 11.6 Å². The van der Waals surface area contributed by atoms with Crippen molar-refractivity contribution in [1.29, 1.82) is 0 Å². The minimum Gasteiger partial charge on any atom is -0.364 e. The lowest BCUT2D eigenvalue weighted by Gasteiger charge is -2.27. The van der Waals surface area contributed by atoms with Crippen LogP contribution in [0, 0.1) is 0 Å². The highest BCUT2D eigenvalue weighted by Crippen LogP contribution is 2.37. The fourth-order valence-corrected chi connectivity index (χ4v) is 2.94. The van der Waals surface area contributed by atoms with Crippen molar-refractivity contribution in [3.8, 4) is 0 Å². The molecule has 0 amide bonds. The van der Waals surface area contributed by atoms with E-state index in [1.165, 1.54) is 12.1 Å². The van der Waals surface area contributed by atoms with Crippen LogP contribution in [0.4, 0.5) is 18.9 Å². The summed E-state index contributed by atoms with van der Waals surface area (Å²) >= 11 is 0. The number of alkyl halides is 3. The Labute approximate surface area is 122 Å². The monoisotopic (exact) mass is 291 g/mol. The maximum Gasteiger partial charge on any atom is 0.416 e. The molecule has 0 radical (unpaired) electrons. The van der Waals surface area contributed by atoms with Crippen molar-refractivity contribution < 1.29 is 13.2 Å². The number of para-hydroxylation sites is 1. The molecular formula is C17H16F3N. The van der Waals surface area contributed by atoms with Gasteiger partial charge in [0, 0.05) is 12.2 Å². The van der Waals surface area contributed by atoms with Crippen molar-refractivity contribution in [2.24, 2.45) is 0 Å². The van der Waals surface area contributed by atoms with E-state index in [1.807, 2.05) is 30.3 Å². The second-order valence-electron chi connectivity index (χ2n) is 5.31. The first-order valence-electron chi connectivity index (χ1n) is 7.04. The van der Waals surface area contributed by atoms with Gasteiger partial charge in [0.1, 0.15) is 0 Å². The quantitative estimate of drug-likeness (QED) is 0.748. The molecule has 1 fully saturated rings. The van der Waals surface area contributed by atoms with Crippen LogP contribution in [-0.4, -0.2) is 6.54 Å². The Bertz CT molecular complexity index is 590. The van der Waals surface area contributed by atoms with Crippen LogP contribution in [0.2, 0.25) is 0 Å². The molecule has 110 valence electrons. The standard InChI is InChI=1S/C17H16F3N/c18-17(19,20)14-10-8-13(9-11-14)16-7-4-12-21(16)15-5-2-1-3-6-15/h1-3,5-6,8-11,16H,4,7,12H2/t16-/m1/s1. The van der Waals surface area contributed by atoms with Crippen molar-refractivity contribution in [1.82, 2.24) is 0 Å². The first-order valence-corrected chi connectivity index (χ1v) is 7.04. The van der Waals surface area contributed by atoms with Crippen molar-refractivity contribution in [3.05, 3.63) is 65.7 Å². The summed E-state index contributed by atoms with van der Waals surface area (Å²) in [6.45, 7) is 0.940. The summed E-state index contributed by atoms with van der Waals surface area (Å²) in [5, 5.41) is 0. The summed E-state index contributed by atoms with van der Waals surface area (Å²) in [5.41, 5.74) is 1.49. The van der Waals surface area contributed by atoms with Crippen LogP contribution in [0.25, 0.3) is 0 Å². The maximum atomic E-state index is 12.6. The Morgan fingerprint density at radius 1 is 0.905 bits per heavy atom. The molecule has 1 aliphatic rings. The summed E-state index contributed by atoms with van der Waals surface area (Å²) in [4.78, 5) is 2.27. The fourth-order valence-electron chi connectivity index (χ4n) is 2.94. The molecule has 2 aromatic rings. The van der Waals surface area contributed by atoms with Gasteiger partial charge in [0.15, 0.2) is 0 Å². The molecule has 1 saturated heterocycles. The predicted octanol–water partition coefficient (Wildman–Crippen LogP) is 5.05. The van der Waals surface area contributed by atoms with E-state index in [2.05, 4.69) is 4.90 Å². The van der Waals surface area contributed by atoms with Crippen LogP contribution in [0.15, 0.2) is 54.6 Å². The number of halogens is 3. The third-order valence-electron chi connectivity index (χ3n) is 3.96. The van der Waals surface area contributed by atoms with Gasteiger partial charge in [-0.05, 0) is 42.7 Å². The molecule has 4 heteroatoms. The Morgan fingerprint density at radius 2 is 1.57 bits per heavy atom. The number of anilines is 1. The number of rotatable bonds is 2. The first-order chi connectivity index (χ1) is 10.1. The van der Waals surface area contributed by atoms with E-state index in [0.717, 1.165) is 30.6 Å². The van der Waals surface area contributed by atoms with Crippen LogP contribution >= 0.6 is 0 Å². The molecule has 1 nitrogen and oxygen atoms in total. The normalized spacial score (nSPS) is 19.0. The van der Waals surface area contributed by atoms with E-state index in [4.69, 9.17) is 0 Å². The second kappa shape index (κ2) is 5.43. The molecule has 3 rings (SSSR count). The van der Waals surface area contributed by atoms with E-state index >= 15 is 0 Å². The average molecular weight is 291 g/mol. The highest BCUT2D eigenvalue weighted by molar-refractivity contribution is 5.50. The minimum absolute atomic E-state index is 0.162. The van der Waals surface area contributed by atoms with Gasteiger partial charge in [-0.3, -0.25) is 0 Å². The molecule has 1 aliphatic heterocycles. The summed E-state index contributed by atoms with van der Waals surface area (Å²) in [6.07, 6.45) is -2.24. The smallest absolute Gasteiger partial charge is 0.364 e. The van der Waals surface area contributed by atoms with E-state index in [0.29, 0.717) is 0 Å². The zero-order valence-electron chi connectivity index (χ0n) is 11.5. The molecule has 0 aromatic heterocycles. The largest absolute Gasteiger partial charge is 0.416 e. The molecule has 0 aliphatic carbocycles. The topological polar surface area (TPSA) is 3.24 Å². The lowest BCUT2D eigenvalue weighted by Crippen LogP contribution is -2.22. The summed E-state index contributed by atoms with van der Waals surface area (Å²) in [5.74, 6) is 0. The van der Waals surface area contributed by atoms with Gasteiger partial charge >= 0.3 is 6.18 Å². The van der Waals surface area contributed by atoms with Gasteiger partial charge in [-0.1, -0.05) is 30.3 Å². The van der Waals surface area contributed by atoms with Crippen LogP contribution in [0.1, 0.15) is 30.0 Å². The third-order valence-corrected chi connectivity index (χ3v) is 3.96. The summed E-state index contributed by atoms with van der Waals surface area (Å²) < 4.78 is 37.9. The fraction of sp³-hybridized carbons (Fsp3) is 0.294. The zero-order valence-corrected chi connectivity index (χ0v) is 11.5. The Hall–Kier alpha value is -1.97. The third kappa shape index (κ3) is 2.89. The van der Waals surface area contributed by atoms with Crippen LogP contribution in [0.3, 0.4) is 0 Å². The number of nitrogens with zero attached hydrogens (tertiary/aromatic N) is 1. The van der Waals surface area contributed by atoms with Crippen molar-refractivity contribution >= 4 is 5.69 Å². The van der Waals surface area contributed by atoms with Gasteiger partial charge in [0.2, 0.25) is 0 Å². The van der Waals surface area contributed by atoms with E-state index < -0.39 is 11.7 Å². The lowest BCUT2D eigenvalue weighted by molar-refractivity contribution is -0.137. The molecule has 0 spiro atoms.